The number of piperidine rings is 1. The molecule has 4 fully saturated rings. The molecule has 1 N–H and O–H groups in total. The number of likely N-dealkylation sites (tertiary alicyclic amines) is 1. The molecule has 4 nitrogen and oxygen atoms in total. The van der Waals surface area contributed by atoms with Crippen molar-refractivity contribution in [2.45, 2.75) is 90.5 Å². The van der Waals surface area contributed by atoms with Gasteiger partial charge in [0, 0.05) is 30.2 Å². The van der Waals surface area contributed by atoms with Crippen LogP contribution in [0.3, 0.4) is 0 Å². The molecule has 1 saturated heterocycles. The van der Waals surface area contributed by atoms with Gasteiger partial charge in [-0.1, -0.05) is 38.8 Å². The Morgan fingerprint density at radius 1 is 1.07 bits per heavy atom. The molecule has 2 amide bonds. The predicted octanol–water partition coefficient (Wildman–Crippen LogP) is 5.60. The van der Waals surface area contributed by atoms with Crippen LogP contribution >= 0.6 is 0 Å². The van der Waals surface area contributed by atoms with Crippen molar-refractivity contribution in [3.05, 3.63) is 23.9 Å². The smallest absolute Gasteiger partial charge is 0.322 e. The first-order valence-electron chi connectivity index (χ1n) is 12.3. The Kier molecular flexibility index (Phi) is 4.91. The van der Waals surface area contributed by atoms with Crippen LogP contribution in [0.15, 0.2) is 23.9 Å². The van der Waals surface area contributed by atoms with Crippen molar-refractivity contribution in [2.75, 3.05) is 6.54 Å². The Bertz CT molecular complexity index is 801. The Morgan fingerprint density at radius 2 is 1.90 bits per heavy atom. The molecule has 4 heteroatoms. The molecule has 0 aromatic heterocycles. The quantitative estimate of drug-likeness (QED) is 0.572. The lowest BCUT2D eigenvalue weighted by atomic mass is 9.50. The minimum absolute atomic E-state index is 0.000974. The van der Waals surface area contributed by atoms with Gasteiger partial charge in [-0.3, -0.25) is 9.69 Å². The fraction of sp³-hybridized carbons (Fsp3) is 0.769. The van der Waals surface area contributed by atoms with E-state index >= 15 is 0 Å². The Hall–Kier alpha value is -1.58. The molecule has 1 aliphatic heterocycles. The van der Waals surface area contributed by atoms with E-state index < -0.39 is 0 Å². The zero-order valence-corrected chi connectivity index (χ0v) is 18.8. The van der Waals surface area contributed by atoms with Crippen molar-refractivity contribution in [2.24, 2.45) is 28.6 Å². The number of rotatable bonds is 1. The number of hydrogen-bond acceptors (Lipinski definition) is 2. The topological polar surface area (TPSA) is 49.4 Å². The molecule has 3 saturated carbocycles. The van der Waals surface area contributed by atoms with Gasteiger partial charge in [0.1, 0.15) is 0 Å². The molecule has 5 rings (SSSR count). The van der Waals surface area contributed by atoms with Crippen LogP contribution in [0.2, 0.25) is 0 Å². The molecule has 0 aromatic rings. The van der Waals surface area contributed by atoms with Crippen molar-refractivity contribution >= 4 is 11.8 Å². The number of hydrogen-bond donors (Lipinski definition) is 1. The number of allylic oxidation sites excluding steroid dienone is 2. The maximum Gasteiger partial charge on any atom is 0.322 e. The molecule has 0 bridgehead atoms. The molecule has 0 spiro atoms. The van der Waals surface area contributed by atoms with Crippen LogP contribution in [0.25, 0.3) is 0 Å². The molecule has 1 unspecified atom stereocenters. The van der Waals surface area contributed by atoms with E-state index in [1.807, 2.05) is 11.0 Å². The van der Waals surface area contributed by atoms with Gasteiger partial charge in [0.2, 0.25) is 0 Å². The highest BCUT2D eigenvalue weighted by molar-refractivity contribution is 5.92. The second-order valence-corrected chi connectivity index (χ2v) is 11.4. The normalized spacial score (nSPS) is 43.4. The summed E-state index contributed by atoms with van der Waals surface area (Å²) in [5.41, 5.74) is 2.55. The molecule has 4 aliphatic carbocycles. The summed E-state index contributed by atoms with van der Waals surface area (Å²) in [5, 5.41) is 3.30. The van der Waals surface area contributed by atoms with E-state index in [2.05, 4.69) is 25.7 Å². The third-order valence-corrected chi connectivity index (χ3v) is 9.77. The first kappa shape index (κ1) is 20.3. The lowest BCUT2D eigenvalue weighted by Crippen LogP contribution is -2.60. The molecule has 0 radical (unpaired) electrons. The molecular weight excluding hydrogens is 372 g/mol. The van der Waals surface area contributed by atoms with Gasteiger partial charge in [-0.15, -0.1) is 0 Å². The first-order valence-corrected chi connectivity index (χ1v) is 12.3. The summed E-state index contributed by atoms with van der Waals surface area (Å²) in [4.78, 5) is 28.0. The monoisotopic (exact) mass is 410 g/mol. The highest BCUT2D eigenvalue weighted by Crippen LogP contribution is 2.63. The third-order valence-electron chi connectivity index (χ3n) is 9.77. The Morgan fingerprint density at radius 3 is 2.70 bits per heavy atom. The summed E-state index contributed by atoms with van der Waals surface area (Å²) in [6.07, 6.45) is 14.2. The minimum Gasteiger partial charge on any atom is -0.331 e. The SMILES string of the molecule is C=C1CCCCC1NC(=O)N1C[C@H]2[C@@H]3CCC[C@@]3(C)CC[C@@H]2[C@@]2(C)CCC(=O)C=C12. The number of urea groups is 1. The summed E-state index contributed by atoms with van der Waals surface area (Å²) < 4.78 is 0. The van der Waals surface area contributed by atoms with Crippen LogP contribution < -0.4 is 5.32 Å². The average molecular weight is 411 g/mol. The third kappa shape index (κ3) is 3.08. The second-order valence-electron chi connectivity index (χ2n) is 11.4. The molecule has 6 atom stereocenters. The van der Waals surface area contributed by atoms with Crippen LogP contribution in [0.1, 0.15) is 84.5 Å². The van der Waals surface area contributed by atoms with Crippen molar-refractivity contribution < 1.29 is 9.59 Å². The van der Waals surface area contributed by atoms with E-state index in [0.717, 1.165) is 43.5 Å². The molecule has 1 heterocycles. The van der Waals surface area contributed by atoms with E-state index in [9.17, 15) is 9.59 Å². The standard InChI is InChI=1S/C26H38N2O2/c1-17-7-4-5-9-22(17)27-24(30)28-16-19-20-8-6-12-25(20,2)13-11-21(19)26(3)14-10-18(29)15-23(26)28/h15,19-22H,1,4-14,16H2,2-3H3,(H,27,30)/t19-,20-,21-,22?,25-,26+/m0/s1. The summed E-state index contributed by atoms with van der Waals surface area (Å²) in [6.45, 7) is 9.84. The van der Waals surface area contributed by atoms with Crippen molar-refractivity contribution in [1.82, 2.24) is 10.2 Å². The average Bonchev–Trinajstić information content (AvgIpc) is 3.12. The van der Waals surface area contributed by atoms with Crippen LogP contribution in [0.4, 0.5) is 4.79 Å². The van der Waals surface area contributed by atoms with E-state index in [-0.39, 0.29) is 23.3 Å². The number of ketones is 1. The molecule has 164 valence electrons. The van der Waals surface area contributed by atoms with Gasteiger partial charge >= 0.3 is 6.03 Å². The van der Waals surface area contributed by atoms with Gasteiger partial charge in [-0.25, -0.2) is 4.79 Å². The number of nitrogens with one attached hydrogen (secondary N) is 1. The van der Waals surface area contributed by atoms with E-state index in [4.69, 9.17) is 0 Å². The van der Waals surface area contributed by atoms with Gasteiger partial charge in [0.05, 0.1) is 6.04 Å². The van der Waals surface area contributed by atoms with Crippen molar-refractivity contribution in [3.63, 3.8) is 0 Å². The summed E-state index contributed by atoms with van der Waals surface area (Å²) in [7, 11) is 0. The van der Waals surface area contributed by atoms with E-state index in [1.54, 1.807) is 0 Å². The summed E-state index contributed by atoms with van der Waals surface area (Å²) in [5.74, 6) is 2.05. The number of nitrogens with zero attached hydrogens (tertiary/aromatic N) is 1. The number of amides is 2. The van der Waals surface area contributed by atoms with Crippen molar-refractivity contribution in [1.29, 1.82) is 0 Å². The molecular formula is C26H38N2O2. The fourth-order valence-electron chi connectivity index (χ4n) is 7.97. The van der Waals surface area contributed by atoms with E-state index in [1.165, 1.54) is 38.5 Å². The summed E-state index contributed by atoms with van der Waals surface area (Å²) >= 11 is 0. The van der Waals surface area contributed by atoms with Crippen LogP contribution in [0, 0.1) is 28.6 Å². The predicted molar refractivity (Wildman–Crippen MR) is 119 cm³/mol. The van der Waals surface area contributed by atoms with Crippen LogP contribution in [-0.4, -0.2) is 29.3 Å². The second kappa shape index (κ2) is 7.24. The fourth-order valence-corrected chi connectivity index (χ4v) is 7.97. The van der Waals surface area contributed by atoms with Gasteiger partial charge in [0.15, 0.2) is 5.78 Å². The largest absolute Gasteiger partial charge is 0.331 e. The maximum absolute atomic E-state index is 13.6. The molecule has 0 aromatic carbocycles. The highest BCUT2D eigenvalue weighted by atomic mass is 16.2. The van der Waals surface area contributed by atoms with Crippen LogP contribution in [0.5, 0.6) is 0 Å². The van der Waals surface area contributed by atoms with Gasteiger partial charge in [-0.2, -0.15) is 0 Å². The lowest BCUT2D eigenvalue weighted by Gasteiger charge is -2.59. The number of carbonyl (C=O) groups excluding carboxylic acids is 2. The lowest BCUT2D eigenvalue weighted by molar-refractivity contribution is -0.118. The first-order chi connectivity index (χ1) is 14.3. The number of carbonyl (C=O) groups is 2. The molecule has 30 heavy (non-hydrogen) atoms. The maximum atomic E-state index is 13.6. The van der Waals surface area contributed by atoms with Gasteiger partial charge in [-0.05, 0) is 74.5 Å². The Balaban J connectivity index is 1.47. The van der Waals surface area contributed by atoms with Gasteiger partial charge in [0.25, 0.3) is 0 Å². The minimum atomic E-state index is -0.0539. The van der Waals surface area contributed by atoms with Gasteiger partial charge < -0.3 is 5.32 Å². The zero-order valence-electron chi connectivity index (χ0n) is 18.8. The highest BCUT2D eigenvalue weighted by Gasteiger charge is 2.58. The van der Waals surface area contributed by atoms with Crippen LogP contribution in [-0.2, 0) is 4.79 Å². The van der Waals surface area contributed by atoms with Crippen molar-refractivity contribution in [3.8, 4) is 0 Å². The molecule has 5 aliphatic rings. The number of fused-ring (bicyclic) bond motifs is 5. The summed E-state index contributed by atoms with van der Waals surface area (Å²) in [6, 6.07) is 0.0807. The Labute approximate surface area is 181 Å². The zero-order chi connectivity index (χ0) is 21.1. The van der Waals surface area contributed by atoms with E-state index in [0.29, 0.717) is 29.6 Å².